The molecule has 3 aromatic carbocycles. The van der Waals surface area contributed by atoms with Crippen molar-refractivity contribution in [3.8, 4) is 5.75 Å². The first kappa shape index (κ1) is 21.6. The molecule has 0 spiro atoms. The Morgan fingerprint density at radius 3 is 2.38 bits per heavy atom. The molecule has 0 aliphatic carbocycles. The highest BCUT2D eigenvalue weighted by Crippen LogP contribution is 2.25. The van der Waals surface area contributed by atoms with Crippen LogP contribution in [0.5, 0.6) is 5.75 Å². The molecule has 2 heterocycles. The van der Waals surface area contributed by atoms with Crippen LogP contribution in [0.1, 0.15) is 10.6 Å². The predicted molar refractivity (Wildman–Crippen MR) is 131 cm³/mol. The van der Waals surface area contributed by atoms with Gasteiger partial charge < -0.3 is 24.3 Å². The topological polar surface area (TPSA) is 75.0 Å². The Bertz CT molecular complexity index is 1270. The van der Waals surface area contributed by atoms with Crippen LogP contribution < -0.4 is 15.0 Å². The number of ether oxygens (including phenoxy) is 1. The normalized spacial score (nSPS) is 13.6. The maximum atomic E-state index is 12.4. The molecule has 172 valence electrons. The molecular formula is C27H25N3O4. The summed E-state index contributed by atoms with van der Waals surface area (Å²) in [5, 5.41) is 4.93. The first-order chi connectivity index (χ1) is 16.7. The van der Waals surface area contributed by atoms with Gasteiger partial charge in [-0.15, -0.1) is 0 Å². The number of anilines is 2. The van der Waals surface area contributed by atoms with E-state index < -0.39 is 0 Å². The minimum Gasteiger partial charge on any atom is -0.483 e. The average molecular weight is 456 g/mol. The second-order valence-electron chi connectivity index (χ2n) is 8.12. The SMILES string of the molecule is O=C(COc1cccc2ccccc12)Nc1ccc(N2CCN(C(=O)c3ccco3)CC2)cc1. The van der Waals surface area contributed by atoms with E-state index in [4.69, 9.17) is 9.15 Å². The van der Waals surface area contributed by atoms with Crippen molar-refractivity contribution in [2.45, 2.75) is 0 Å². The van der Waals surface area contributed by atoms with Gasteiger partial charge in [0.1, 0.15) is 5.75 Å². The molecule has 1 N–H and O–H groups in total. The molecule has 0 unspecified atom stereocenters. The minimum absolute atomic E-state index is 0.0680. The number of furan rings is 1. The first-order valence-electron chi connectivity index (χ1n) is 11.3. The van der Waals surface area contributed by atoms with Crippen molar-refractivity contribution in [1.29, 1.82) is 0 Å². The van der Waals surface area contributed by atoms with E-state index in [-0.39, 0.29) is 18.4 Å². The van der Waals surface area contributed by atoms with Crippen LogP contribution in [0.3, 0.4) is 0 Å². The molecule has 4 aromatic rings. The molecule has 34 heavy (non-hydrogen) atoms. The number of piperazine rings is 1. The first-order valence-corrected chi connectivity index (χ1v) is 11.3. The van der Waals surface area contributed by atoms with Crippen molar-refractivity contribution < 1.29 is 18.7 Å². The molecule has 0 radical (unpaired) electrons. The van der Waals surface area contributed by atoms with Crippen molar-refractivity contribution in [3.05, 3.63) is 90.9 Å². The molecule has 5 rings (SSSR count). The number of nitrogens with one attached hydrogen (secondary N) is 1. The van der Waals surface area contributed by atoms with Crippen LogP contribution in [0.4, 0.5) is 11.4 Å². The Hall–Kier alpha value is -4.26. The zero-order chi connectivity index (χ0) is 23.3. The van der Waals surface area contributed by atoms with Gasteiger partial charge in [0.15, 0.2) is 12.4 Å². The minimum atomic E-state index is -0.217. The number of hydrogen-bond donors (Lipinski definition) is 1. The van der Waals surface area contributed by atoms with E-state index in [0.29, 0.717) is 30.3 Å². The van der Waals surface area contributed by atoms with Crippen LogP contribution in [0.15, 0.2) is 89.5 Å². The van der Waals surface area contributed by atoms with E-state index in [1.165, 1.54) is 6.26 Å². The standard InChI is InChI=1S/C27H25N3O4/c31-26(19-34-24-8-3-6-20-5-1-2-7-23(20)24)28-21-10-12-22(13-11-21)29-14-16-30(17-15-29)27(32)25-9-4-18-33-25/h1-13,18H,14-17,19H2,(H,28,31). The number of carbonyl (C=O) groups is 2. The third kappa shape index (κ3) is 4.73. The Morgan fingerprint density at radius 2 is 1.62 bits per heavy atom. The maximum Gasteiger partial charge on any atom is 0.289 e. The van der Waals surface area contributed by atoms with Crippen molar-refractivity contribution in [1.82, 2.24) is 4.90 Å². The van der Waals surface area contributed by atoms with E-state index in [9.17, 15) is 9.59 Å². The Kier molecular flexibility index (Phi) is 6.16. The van der Waals surface area contributed by atoms with Gasteiger partial charge in [0.2, 0.25) is 0 Å². The smallest absolute Gasteiger partial charge is 0.289 e. The van der Waals surface area contributed by atoms with Crippen LogP contribution >= 0.6 is 0 Å². The molecule has 1 aliphatic rings. The van der Waals surface area contributed by atoms with Crippen molar-refractivity contribution in [2.24, 2.45) is 0 Å². The number of hydrogen-bond acceptors (Lipinski definition) is 5. The highest BCUT2D eigenvalue weighted by Gasteiger charge is 2.23. The highest BCUT2D eigenvalue weighted by molar-refractivity contribution is 5.93. The second kappa shape index (κ2) is 9.70. The fourth-order valence-electron chi connectivity index (χ4n) is 4.14. The lowest BCUT2D eigenvalue weighted by atomic mass is 10.1. The van der Waals surface area contributed by atoms with Gasteiger partial charge in [-0.1, -0.05) is 36.4 Å². The molecule has 0 atom stereocenters. The number of nitrogens with zero attached hydrogens (tertiary/aromatic N) is 2. The molecule has 1 fully saturated rings. The number of fused-ring (bicyclic) bond motifs is 1. The Balaban J connectivity index is 1.13. The van der Waals surface area contributed by atoms with Crippen molar-refractivity contribution in [3.63, 3.8) is 0 Å². The van der Waals surface area contributed by atoms with Gasteiger partial charge in [0.05, 0.1) is 6.26 Å². The summed E-state index contributed by atoms with van der Waals surface area (Å²) in [6.07, 6.45) is 1.51. The van der Waals surface area contributed by atoms with Gasteiger partial charge in [0, 0.05) is 42.9 Å². The number of carbonyl (C=O) groups excluding carboxylic acids is 2. The summed E-state index contributed by atoms with van der Waals surface area (Å²) in [6, 6.07) is 24.8. The molecule has 1 saturated heterocycles. The van der Waals surface area contributed by atoms with Gasteiger partial charge >= 0.3 is 0 Å². The van der Waals surface area contributed by atoms with Crippen LogP contribution in [0.2, 0.25) is 0 Å². The van der Waals surface area contributed by atoms with E-state index >= 15 is 0 Å². The van der Waals surface area contributed by atoms with E-state index in [2.05, 4.69) is 10.2 Å². The van der Waals surface area contributed by atoms with Crippen LogP contribution in [-0.4, -0.2) is 49.5 Å². The number of amides is 2. The summed E-state index contributed by atoms with van der Waals surface area (Å²) < 4.78 is 11.0. The zero-order valence-electron chi connectivity index (χ0n) is 18.6. The summed E-state index contributed by atoms with van der Waals surface area (Å²) in [5.41, 5.74) is 1.76. The Morgan fingerprint density at radius 1 is 0.853 bits per heavy atom. The van der Waals surface area contributed by atoms with Gasteiger partial charge in [0.25, 0.3) is 11.8 Å². The van der Waals surface area contributed by atoms with Crippen LogP contribution in [0, 0.1) is 0 Å². The van der Waals surface area contributed by atoms with Crippen LogP contribution in [0.25, 0.3) is 10.8 Å². The van der Waals surface area contributed by atoms with Gasteiger partial charge in [-0.25, -0.2) is 0 Å². The monoisotopic (exact) mass is 455 g/mol. The summed E-state index contributed by atoms with van der Waals surface area (Å²) in [4.78, 5) is 28.9. The molecule has 7 nitrogen and oxygen atoms in total. The summed E-state index contributed by atoms with van der Waals surface area (Å²) >= 11 is 0. The molecule has 0 saturated carbocycles. The molecule has 7 heteroatoms. The second-order valence-corrected chi connectivity index (χ2v) is 8.12. The lowest BCUT2D eigenvalue weighted by Gasteiger charge is -2.35. The summed E-state index contributed by atoms with van der Waals surface area (Å²) in [6.45, 7) is 2.66. The third-order valence-electron chi connectivity index (χ3n) is 5.92. The molecule has 1 aliphatic heterocycles. The Labute approximate surface area is 197 Å². The maximum absolute atomic E-state index is 12.4. The quantitative estimate of drug-likeness (QED) is 0.466. The molecule has 0 bridgehead atoms. The molecule has 1 aromatic heterocycles. The van der Waals surface area contributed by atoms with E-state index in [1.807, 2.05) is 66.7 Å². The lowest BCUT2D eigenvalue weighted by molar-refractivity contribution is -0.118. The lowest BCUT2D eigenvalue weighted by Crippen LogP contribution is -2.48. The van der Waals surface area contributed by atoms with Gasteiger partial charge in [-0.05, 0) is 47.9 Å². The highest BCUT2D eigenvalue weighted by atomic mass is 16.5. The zero-order valence-corrected chi connectivity index (χ0v) is 18.6. The summed E-state index contributed by atoms with van der Waals surface area (Å²) in [7, 11) is 0. The fourth-order valence-corrected chi connectivity index (χ4v) is 4.14. The van der Waals surface area contributed by atoms with E-state index in [1.54, 1.807) is 17.0 Å². The van der Waals surface area contributed by atoms with Crippen molar-refractivity contribution >= 4 is 34.0 Å². The largest absolute Gasteiger partial charge is 0.483 e. The third-order valence-corrected chi connectivity index (χ3v) is 5.92. The summed E-state index contributed by atoms with van der Waals surface area (Å²) in [5.74, 6) is 0.769. The number of rotatable bonds is 6. The number of benzene rings is 3. The van der Waals surface area contributed by atoms with Gasteiger partial charge in [-0.2, -0.15) is 0 Å². The van der Waals surface area contributed by atoms with Crippen molar-refractivity contribution in [2.75, 3.05) is 43.0 Å². The molecule has 2 amide bonds. The average Bonchev–Trinajstić information content (AvgIpc) is 3.43. The van der Waals surface area contributed by atoms with Crippen LogP contribution in [-0.2, 0) is 4.79 Å². The van der Waals surface area contributed by atoms with E-state index in [0.717, 1.165) is 29.5 Å². The van der Waals surface area contributed by atoms with Gasteiger partial charge in [-0.3, -0.25) is 9.59 Å². The fraction of sp³-hybridized carbons (Fsp3) is 0.185. The molecular weight excluding hydrogens is 430 g/mol. The predicted octanol–water partition coefficient (Wildman–Crippen LogP) is 4.41.